The monoisotopic (exact) mass is 268 g/mol. The molecule has 0 radical (unpaired) electrons. The summed E-state index contributed by atoms with van der Waals surface area (Å²) in [6.45, 7) is 4.73. The molecule has 1 N–H and O–H groups in total. The Morgan fingerprint density at radius 3 is 2.74 bits per heavy atom. The third-order valence-corrected chi connectivity index (χ3v) is 2.11. The third-order valence-electron chi connectivity index (χ3n) is 2.11. The number of pyridine rings is 1. The van der Waals surface area contributed by atoms with Crippen molar-refractivity contribution < 1.29 is 19.0 Å². The maximum absolute atomic E-state index is 11.5. The lowest BCUT2D eigenvalue weighted by Crippen LogP contribution is -2.20. The van der Waals surface area contributed by atoms with E-state index in [1.807, 2.05) is 13.8 Å². The first-order valence-corrected chi connectivity index (χ1v) is 6.11. The van der Waals surface area contributed by atoms with Crippen molar-refractivity contribution >= 4 is 11.6 Å². The van der Waals surface area contributed by atoms with Crippen LogP contribution in [0.4, 0.5) is 5.69 Å². The molecule has 0 unspecified atom stereocenters. The maximum Gasteiger partial charge on any atom is 0.250 e. The molecule has 0 saturated heterocycles. The van der Waals surface area contributed by atoms with Crippen molar-refractivity contribution in [1.29, 1.82) is 0 Å². The van der Waals surface area contributed by atoms with Gasteiger partial charge in [0.1, 0.15) is 13.2 Å². The molecule has 0 fully saturated rings. The molecule has 6 nitrogen and oxygen atoms in total. The van der Waals surface area contributed by atoms with Crippen LogP contribution in [-0.4, -0.2) is 43.9 Å². The third kappa shape index (κ3) is 6.73. The number of nitrogens with one attached hydrogen (secondary N) is 1. The number of methoxy groups -OCH3 is 1. The topological polar surface area (TPSA) is 69.7 Å². The minimum Gasteiger partial charge on any atom is -0.475 e. The van der Waals surface area contributed by atoms with Gasteiger partial charge in [-0.3, -0.25) is 4.79 Å². The number of nitrogens with zero attached hydrogens (tertiary/aromatic N) is 1. The predicted octanol–water partition coefficient (Wildman–Crippen LogP) is 1.47. The highest BCUT2D eigenvalue weighted by atomic mass is 16.5. The standard InChI is InChI=1S/C13H20N2O4/c1-10(2)19-9-12(16)15-11-4-5-13(14-8-11)18-7-6-17-3/h4-5,8,10H,6-7,9H2,1-3H3,(H,15,16). The molecular weight excluding hydrogens is 248 g/mol. The first-order chi connectivity index (χ1) is 9.11. The fourth-order valence-corrected chi connectivity index (χ4v) is 1.21. The minimum atomic E-state index is -0.205. The highest BCUT2D eigenvalue weighted by Gasteiger charge is 2.04. The van der Waals surface area contributed by atoms with E-state index >= 15 is 0 Å². The number of rotatable bonds is 8. The summed E-state index contributed by atoms with van der Waals surface area (Å²) in [5.74, 6) is 0.289. The zero-order valence-electron chi connectivity index (χ0n) is 11.5. The molecular formula is C13H20N2O4. The van der Waals surface area contributed by atoms with Crippen LogP contribution in [-0.2, 0) is 14.3 Å². The van der Waals surface area contributed by atoms with Crippen molar-refractivity contribution in [3.63, 3.8) is 0 Å². The molecule has 0 aromatic carbocycles. The summed E-state index contributed by atoms with van der Waals surface area (Å²) in [4.78, 5) is 15.6. The average molecular weight is 268 g/mol. The molecule has 106 valence electrons. The second kappa shape index (κ2) is 8.44. The molecule has 0 saturated carbocycles. The van der Waals surface area contributed by atoms with E-state index in [-0.39, 0.29) is 18.6 Å². The number of amides is 1. The van der Waals surface area contributed by atoms with Crippen LogP contribution < -0.4 is 10.1 Å². The van der Waals surface area contributed by atoms with Crippen LogP contribution in [0.25, 0.3) is 0 Å². The Morgan fingerprint density at radius 2 is 2.16 bits per heavy atom. The van der Waals surface area contributed by atoms with Gasteiger partial charge in [-0.2, -0.15) is 0 Å². The van der Waals surface area contributed by atoms with Crippen molar-refractivity contribution in [3.05, 3.63) is 18.3 Å². The number of carbonyl (C=O) groups is 1. The van der Waals surface area contributed by atoms with Gasteiger partial charge in [0, 0.05) is 13.2 Å². The first kappa shape index (κ1) is 15.4. The Kier molecular flexibility index (Phi) is 6.84. The van der Waals surface area contributed by atoms with Crippen molar-refractivity contribution in [1.82, 2.24) is 4.98 Å². The molecule has 0 atom stereocenters. The van der Waals surface area contributed by atoms with Gasteiger partial charge in [-0.1, -0.05) is 0 Å². The van der Waals surface area contributed by atoms with Crippen molar-refractivity contribution in [2.45, 2.75) is 20.0 Å². The number of hydrogen-bond donors (Lipinski definition) is 1. The van der Waals surface area contributed by atoms with E-state index in [1.165, 1.54) is 6.20 Å². The molecule has 1 aromatic rings. The highest BCUT2D eigenvalue weighted by Crippen LogP contribution is 2.11. The molecule has 1 amide bonds. The molecule has 0 aliphatic heterocycles. The minimum absolute atomic E-state index is 0.0282. The largest absolute Gasteiger partial charge is 0.475 e. The van der Waals surface area contributed by atoms with Gasteiger partial charge in [0.2, 0.25) is 11.8 Å². The van der Waals surface area contributed by atoms with E-state index in [0.717, 1.165) is 0 Å². The summed E-state index contributed by atoms with van der Waals surface area (Å²) in [7, 11) is 1.61. The van der Waals surface area contributed by atoms with Crippen LogP contribution in [0.3, 0.4) is 0 Å². The summed E-state index contributed by atoms with van der Waals surface area (Å²) in [6, 6.07) is 3.41. The Bertz CT molecular complexity index is 379. The zero-order valence-corrected chi connectivity index (χ0v) is 11.5. The normalized spacial score (nSPS) is 10.5. The lowest BCUT2D eigenvalue weighted by Gasteiger charge is -2.09. The van der Waals surface area contributed by atoms with Gasteiger partial charge in [-0.15, -0.1) is 0 Å². The van der Waals surface area contributed by atoms with E-state index in [4.69, 9.17) is 14.2 Å². The Labute approximate surface area is 113 Å². The summed E-state index contributed by atoms with van der Waals surface area (Å²) in [6.07, 6.45) is 1.57. The van der Waals surface area contributed by atoms with Crippen LogP contribution >= 0.6 is 0 Å². The summed E-state index contributed by atoms with van der Waals surface area (Å²) in [5, 5.41) is 2.69. The second-order valence-corrected chi connectivity index (χ2v) is 4.13. The number of hydrogen-bond acceptors (Lipinski definition) is 5. The molecule has 0 aliphatic rings. The maximum atomic E-state index is 11.5. The fraction of sp³-hybridized carbons (Fsp3) is 0.538. The van der Waals surface area contributed by atoms with E-state index in [1.54, 1.807) is 19.2 Å². The van der Waals surface area contributed by atoms with Gasteiger partial charge < -0.3 is 19.5 Å². The van der Waals surface area contributed by atoms with Crippen LogP contribution in [0.5, 0.6) is 5.88 Å². The van der Waals surface area contributed by atoms with Gasteiger partial charge in [-0.05, 0) is 19.9 Å². The quantitative estimate of drug-likeness (QED) is 0.723. The Morgan fingerprint density at radius 1 is 1.37 bits per heavy atom. The van der Waals surface area contributed by atoms with Gasteiger partial charge in [0.25, 0.3) is 0 Å². The van der Waals surface area contributed by atoms with Crippen molar-refractivity contribution in [2.75, 3.05) is 32.2 Å². The van der Waals surface area contributed by atoms with E-state index in [0.29, 0.717) is 24.8 Å². The smallest absolute Gasteiger partial charge is 0.250 e. The fourth-order valence-electron chi connectivity index (χ4n) is 1.21. The molecule has 0 bridgehead atoms. The molecule has 0 spiro atoms. The lowest BCUT2D eigenvalue weighted by molar-refractivity contribution is -0.121. The zero-order chi connectivity index (χ0) is 14.1. The van der Waals surface area contributed by atoms with Crippen molar-refractivity contribution in [3.8, 4) is 5.88 Å². The van der Waals surface area contributed by atoms with Gasteiger partial charge in [0.05, 0.1) is 24.6 Å². The number of aromatic nitrogens is 1. The molecule has 1 aromatic heterocycles. The second-order valence-electron chi connectivity index (χ2n) is 4.13. The van der Waals surface area contributed by atoms with Crippen LogP contribution in [0.2, 0.25) is 0 Å². The molecule has 6 heteroatoms. The van der Waals surface area contributed by atoms with Crippen LogP contribution in [0, 0.1) is 0 Å². The summed E-state index contributed by atoms with van der Waals surface area (Å²) < 4.78 is 15.4. The highest BCUT2D eigenvalue weighted by molar-refractivity contribution is 5.91. The van der Waals surface area contributed by atoms with Crippen LogP contribution in [0.1, 0.15) is 13.8 Å². The molecule has 19 heavy (non-hydrogen) atoms. The lowest BCUT2D eigenvalue weighted by atomic mass is 10.4. The first-order valence-electron chi connectivity index (χ1n) is 6.11. The SMILES string of the molecule is COCCOc1ccc(NC(=O)COC(C)C)cn1. The van der Waals surface area contributed by atoms with Gasteiger partial charge >= 0.3 is 0 Å². The number of carbonyl (C=O) groups excluding carboxylic acids is 1. The summed E-state index contributed by atoms with van der Waals surface area (Å²) >= 11 is 0. The van der Waals surface area contributed by atoms with Crippen molar-refractivity contribution in [2.24, 2.45) is 0 Å². The molecule has 1 heterocycles. The molecule has 1 rings (SSSR count). The van der Waals surface area contributed by atoms with E-state index in [9.17, 15) is 4.79 Å². The predicted molar refractivity (Wildman–Crippen MR) is 71.3 cm³/mol. The molecule has 0 aliphatic carbocycles. The van der Waals surface area contributed by atoms with Crippen LogP contribution in [0.15, 0.2) is 18.3 Å². The van der Waals surface area contributed by atoms with Gasteiger partial charge in [-0.25, -0.2) is 4.98 Å². The number of anilines is 1. The Balaban J connectivity index is 2.37. The summed E-state index contributed by atoms with van der Waals surface area (Å²) in [5.41, 5.74) is 0.608. The Hall–Kier alpha value is -1.66. The average Bonchev–Trinajstić information content (AvgIpc) is 2.39. The van der Waals surface area contributed by atoms with Gasteiger partial charge in [0.15, 0.2) is 0 Å². The van der Waals surface area contributed by atoms with E-state index in [2.05, 4.69) is 10.3 Å². The number of ether oxygens (including phenoxy) is 3. The van der Waals surface area contributed by atoms with E-state index < -0.39 is 0 Å².